The fourth-order valence-electron chi connectivity index (χ4n) is 2.26. The minimum absolute atomic E-state index is 0.170. The number of nitrogens with zero attached hydrogens (tertiary/aromatic N) is 3. The largest absolute Gasteiger partial charge is 0.465 e. The summed E-state index contributed by atoms with van der Waals surface area (Å²) in [6.45, 7) is -0.170. The van der Waals surface area contributed by atoms with Gasteiger partial charge in [-0.05, 0) is 23.7 Å². The van der Waals surface area contributed by atoms with Gasteiger partial charge in [-0.3, -0.25) is 0 Å². The molecule has 0 N–H and O–H groups in total. The van der Waals surface area contributed by atoms with E-state index >= 15 is 0 Å². The predicted molar refractivity (Wildman–Crippen MR) is 77.3 cm³/mol. The van der Waals surface area contributed by atoms with E-state index in [9.17, 15) is 18.0 Å². The lowest BCUT2D eigenvalue weighted by molar-refractivity contribution is -0.146. The van der Waals surface area contributed by atoms with Crippen molar-refractivity contribution in [1.29, 1.82) is 0 Å². The van der Waals surface area contributed by atoms with Crippen molar-refractivity contribution in [3.63, 3.8) is 0 Å². The third kappa shape index (κ3) is 2.79. The topological polar surface area (TPSA) is 57.0 Å². The molecule has 120 valence electrons. The molecule has 0 aliphatic rings. The molecule has 0 fully saturated rings. The summed E-state index contributed by atoms with van der Waals surface area (Å²) in [4.78, 5) is 15.5. The first-order chi connectivity index (χ1) is 10.9. The molecular weight excluding hydrogens is 331 g/mol. The molecule has 0 saturated heterocycles. The number of halogens is 3. The number of hydrogen-bond acceptors (Lipinski definition) is 5. The number of carbonyl (C=O) groups excluding carboxylic acids is 1. The van der Waals surface area contributed by atoms with Crippen molar-refractivity contribution in [3.8, 4) is 0 Å². The highest BCUT2D eigenvalue weighted by Crippen LogP contribution is 2.32. The quantitative estimate of drug-likeness (QED) is 0.686. The molecule has 2 aromatic heterocycles. The fourth-order valence-corrected chi connectivity index (χ4v) is 2.93. The van der Waals surface area contributed by atoms with Gasteiger partial charge >= 0.3 is 12.1 Å². The Balaban J connectivity index is 2.13. The first kappa shape index (κ1) is 15.5. The Hall–Kier alpha value is -2.42. The second-order valence-corrected chi connectivity index (χ2v) is 5.48. The lowest BCUT2D eigenvalue weighted by atomic mass is 10.2. The molecule has 3 rings (SSSR count). The highest BCUT2D eigenvalue weighted by atomic mass is 32.1. The highest BCUT2D eigenvalue weighted by molar-refractivity contribution is 7.08. The van der Waals surface area contributed by atoms with Crippen molar-refractivity contribution >= 4 is 28.5 Å². The number of fused-ring (bicyclic) bond motifs is 1. The number of para-hydroxylation sites is 2. The van der Waals surface area contributed by atoms with Crippen molar-refractivity contribution in [1.82, 2.24) is 13.9 Å². The van der Waals surface area contributed by atoms with Crippen LogP contribution in [0, 0.1) is 0 Å². The summed E-state index contributed by atoms with van der Waals surface area (Å²) in [6.07, 6.45) is -3.24. The fraction of sp³-hybridized carbons (Fsp3) is 0.214. The van der Waals surface area contributed by atoms with Gasteiger partial charge in [-0.2, -0.15) is 17.5 Å². The van der Waals surface area contributed by atoms with Crippen LogP contribution in [0.2, 0.25) is 0 Å². The van der Waals surface area contributed by atoms with Gasteiger partial charge in [-0.15, -0.1) is 0 Å². The zero-order valence-electron chi connectivity index (χ0n) is 11.8. The number of carbonyl (C=O) groups is 1. The molecule has 0 aliphatic carbocycles. The molecule has 0 radical (unpaired) electrons. The predicted octanol–water partition coefficient (Wildman–Crippen LogP) is 3.35. The SMILES string of the molecule is COC(=O)c1sncc1Cn1c(C(F)(F)F)nc2ccccc21. The van der Waals surface area contributed by atoms with Crippen LogP contribution < -0.4 is 0 Å². The number of ether oxygens (including phenoxy) is 1. The maximum atomic E-state index is 13.3. The molecule has 3 aromatic rings. The zero-order chi connectivity index (χ0) is 16.6. The molecule has 2 heterocycles. The molecule has 0 saturated carbocycles. The molecule has 0 bridgehead atoms. The average Bonchev–Trinajstić information content (AvgIpc) is 3.12. The zero-order valence-corrected chi connectivity index (χ0v) is 12.6. The van der Waals surface area contributed by atoms with Crippen molar-refractivity contribution in [2.75, 3.05) is 7.11 Å². The highest BCUT2D eigenvalue weighted by Gasteiger charge is 2.37. The molecule has 5 nitrogen and oxygen atoms in total. The van der Waals surface area contributed by atoms with E-state index in [0.717, 1.165) is 16.1 Å². The summed E-state index contributed by atoms with van der Waals surface area (Å²) in [7, 11) is 1.21. The van der Waals surface area contributed by atoms with Gasteiger partial charge < -0.3 is 9.30 Å². The van der Waals surface area contributed by atoms with E-state index in [1.165, 1.54) is 19.4 Å². The smallest absolute Gasteiger partial charge is 0.449 e. The van der Waals surface area contributed by atoms with Crippen LogP contribution in [-0.2, 0) is 17.5 Å². The van der Waals surface area contributed by atoms with Crippen LogP contribution in [0.5, 0.6) is 0 Å². The second-order valence-electron chi connectivity index (χ2n) is 4.68. The number of esters is 1. The summed E-state index contributed by atoms with van der Waals surface area (Å²) >= 11 is 0.883. The van der Waals surface area contributed by atoms with Crippen LogP contribution in [0.25, 0.3) is 11.0 Å². The van der Waals surface area contributed by atoms with Gasteiger partial charge in [0.2, 0.25) is 5.82 Å². The van der Waals surface area contributed by atoms with E-state index in [4.69, 9.17) is 0 Å². The first-order valence-electron chi connectivity index (χ1n) is 6.46. The lowest BCUT2D eigenvalue weighted by Gasteiger charge is -2.11. The van der Waals surface area contributed by atoms with Gasteiger partial charge in [0.25, 0.3) is 0 Å². The minimum atomic E-state index is -4.60. The van der Waals surface area contributed by atoms with E-state index in [1.54, 1.807) is 18.2 Å². The van der Waals surface area contributed by atoms with Crippen LogP contribution >= 0.6 is 11.5 Å². The third-order valence-electron chi connectivity index (χ3n) is 3.25. The van der Waals surface area contributed by atoms with E-state index < -0.39 is 18.0 Å². The molecule has 9 heteroatoms. The lowest BCUT2D eigenvalue weighted by Crippen LogP contribution is -2.16. The van der Waals surface area contributed by atoms with Crippen molar-refractivity contribution in [2.24, 2.45) is 0 Å². The van der Waals surface area contributed by atoms with Crippen LogP contribution in [0.3, 0.4) is 0 Å². The van der Waals surface area contributed by atoms with Gasteiger partial charge in [0.05, 0.1) is 24.7 Å². The van der Waals surface area contributed by atoms with E-state index in [0.29, 0.717) is 11.1 Å². The summed E-state index contributed by atoms with van der Waals surface area (Å²) in [5, 5.41) is 0. The molecule has 0 unspecified atom stereocenters. The van der Waals surface area contributed by atoms with Gasteiger partial charge in [-0.25, -0.2) is 9.78 Å². The number of hydrogen-bond donors (Lipinski definition) is 0. The normalized spacial score (nSPS) is 11.8. The third-order valence-corrected chi connectivity index (χ3v) is 4.07. The number of methoxy groups -OCH3 is 1. The number of imidazole rings is 1. The summed E-state index contributed by atoms with van der Waals surface area (Å²) in [5.74, 6) is -1.64. The van der Waals surface area contributed by atoms with E-state index in [-0.39, 0.29) is 16.9 Å². The van der Waals surface area contributed by atoms with Gasteiger partial charge in [0.1, 0.15) is 4.88 Å². The Morgan fingerprint density at radius 3 is 2.78 bits per heavy atom. The van der Waals surface area contributed by atoms with Gasteiger partial charge in [-0.1, -0.05) is 12.1 Å². The van der Waals surface area contributed by atoms with Gasteiger partial charge in [0.15, 0.2) is 0 Å². The van der Waals surface area contributed by atoms with Crippen molar-refractivity contribution < 1.29 is 22.7 Å². The van der Waals surface area contributed by atoms with Crippen LogP contribution in [-0.4, -0.2) is 27.0 Å². The first-order valence-corrected chi connectivity index (χ1v) is 7.23. The maximum absolute atomic E-state index is 13.3. The van der Waals surface area contributed by atoms with Crippen molar-refractivity contribution in [2.45, 2.75) is 12.7 Å². The molecule has 0 amide bonds. The molecular formula is C14H10F3N3O2S. The second kappa shape index (κ2) is 5.65. The Kier molecular flexibility index (Phi) is 3.80. The molecule has 0 atom stereocenters. The van der Waals surface area contributed by atoms with E-state index in [2.05, 4.69) is 14.1 Å². The van der Waals surface area contributed by atoms with Crippen LogP contribution in [0.15, 0.2) is 30.5 Å². The Morgan fingerprint density at radius 1 is 1.35 bits per heavy atom. The molecule has 1 aromatic carbocycles. The number of alkyl halides is 3. The number of benzene rings is 1. The number of rotatable bonds is 3. The number of aromatic nitrogens is 3. The summed E-state index contributed by atoms with van der Waals surface area (Å²) in [6, 6.07) is 6.31. The molecule has 0 aliphatic heterocycles. The standard InChI is InChI=1S/C14H10F3N3O2S/c1-22-12(21)11-8(6-18-23-11)7-20-10-5-3-2-4-9(10)19-13(20)14(15,16)17/h2-6H,7H2,1H3. The Bertz CT molecular complexity index is 870. The summed E-state index contributed by atoms with van der Waals surface area (Å²) in [5.41, 5.74) is 0.931. The Labute approximate surface area is 132 Å². The summed E-state index contributed by atoms with van der Waals surface area (Å²) < 4.78 is 49.3. The minimum Gasteiger partial charge on any atom is -0.465 e. The van der Waals surface area contributed by atoms with Gasteiger partial charge in [0, 0.05) is 11.8 Å². The van der Waals surface area contributed by atoms with E-state index in [1.807, 2.05) is 0 Å². The van der Waals surface area contributed by atoms with Crippen LogP contribution in [0.4, 0.5) is 13.2 Å². The average molecular weight is 341 g/mol. The maximum Gasteiger partial charge on any atom is 0.449 e. The Morgan fingerprint density at radius 2 is 2.09 bits per heavy atom. The monoisotopic (exact) mass is 341 g/mol. The molecule has 23 heavy (non-hydrogen) atoms. The van der Waals surface area contributed by atoms with Crippen LogP contribution in [0.1, 0.15) is 21.1 Å². The van der Waals surface area contributed by atoms with Crippen molar-refractivity contribution in [3.05, 3.63) is 46.7 Å². The molecule has 0 spiro atoms.